The first-order chi connectivity index (χ1) is 14.2. The molecule has 0 saturated carbocycles. The Kier molecular flexibility index (Phi) is 6.29. The summed E-state index contributed by atoms with van der Waals surface area (Å²) in [6.07, 6.45) is 4.83. The predicted molar refractivity (Wildman–Crippen MR) is 105 cm³/mol. The van der Waals surface area contributed by atoms with Gasteiger partial charge in [0.1, 0.15) is 5.82 Å². The third kappa shape index (κ3) is 5.26. The van der Waals surface area contributed by atoms with Crippen molar-refractivity contribution in [3.8, 4) is 11.3 Å². The van der Waals surface area contributed by atoms with Crippen LogP contribution in [0.25, 0.3) is 11.3 Å². The molecular formula is C22H24FN3O3. The van der Waals surface area contributed by atoms with Crippen molar-refractivity contribution < 1.29 is 18.8 Å². The smallest absolute Gasteiger partial charge is 0.167 e. The second kappa shape index (κ2) is 9.26. The van der Waals surface area contributed by atoms with E-state index >= 15 is 0 Å². The van der Waals surface area contributed by atoms with E-state index in [4.69, 9.17) is 9.26 Å². The standard InChI is InChI=1S/C22H24FN3O3/c23-17-5-3-16(4-6-17)21-11-18(26-29-21)10-19-7-8-20(27)22(28-19)14-25-13-15-2-1-9-24-12-15/h1-6,9,11-12,19-20,22,25,27H,7-8,10,13-14H2/t19-,20-,22+/m0/s1. The molecule has 1 fully saturated rings. The molecular weight excluding hydrogens is 373 g/mol. The van der Waals surface area contributed by atoms with E-state index in [1.54, 1.807) is 18.3 Å². The van der Waals surface area contributed by atoms with E-state index in [0.717, 1.165) is 23.2 Å². The van der Waals surface area contributed by atoms with Crippen molar-refractivity contribution in [1.82, 2.24) is 15.5 Å². The van der Waals surface area contributed by atoms with Crippen LogP contribution in [0.3, 0.4) is 0 Å². The molecule has 1 aliphatic rings. The minimum absolute atomic E-state index is 0.0326. The Morgan fingerprint density at radius 2 is 2.03 bits per heavy atom. The Morgan fingerprint density at radius 1 is 1.17 bits per heavy atom. The SMILES string of the molecule is O[C@H]1CC[C@@H](Cc2cc(-c3ccc(F)cc3)on2)O[C@@H]1CNCc1cccnc1. The van der Waals surface area contributed by atoms with Crippen molar-refractivity contribution >= 4 is 0 Å². The molecule has 0 bridgehead atoms. The van der Waals surface area contributed by atoms with Gasteiger partial charge < -0.3 is 19.7 Å². The number of aromatic nitrogens is 2. The van der Waals surface area contributed by atoms with Gasteiger partial charge in [0.2, 0.25) is 0 Å². The highest BCUT2D eigenvalue weighted by molar-refractivity contribution is 5.57. The van der Waals surface area contributed by atoms with E-state index in [0.29, 0.717) is 31.7 Å². The average molecular weight is 397 g/mol. The van der Waals surface area contributed by atoms with Gasteiger partial charge in [0, 0.05) is 43.5 Å². The highest BCUT2D eigenvalue weighted by Gasteiger charge is 2.30. The van der Waals surface area contributed by atoms with Crippen LogP contribution in [0.1, 0.15) is 24.1 Å². The van der Waals surface area contributed by atoms with Gasteiger partial charge in [0.15, 0.2) is 5.76 Å². The number of nitrogens with zero attached hydrogens (tertiary/aromatic N) is 2. The Hall–Kier alpha value is -2.61. The summed E-state index contributed by atoms with van der Waals surface area (Å²) in [4.78, 5) is 4.10. The van der Waals surface area contributed by atoms with Crippen molar-refractivity contribution in [3.05, 3.63) is 71.9 Å². The second-order valence-corrected chi connectivity index (χ2v) is 7.33. The molecule has 0 radical (unpaired) electrons. The van der Waals surface area contributed by atoms with Gasteiger partial charge in [0.05, 0.1) is 24.0 Å². The number of aliphatic hydroxyl groups excluding tert-OH is 1. The second-order valence-electron chi connectivity index (χ2n) is 7.33. The molecule has 2 aromatic heterocycles. The van der Waals surface area contributed by atoms with Crippen LogP contribution in [-0.4, -0.2) is 40.1 Å². The number of benzene rings is 1. The molecule has 0 amide bonds. The molecule has 1 aromatic carbocycles. The normalized spacial score (nSPS) is 21.9. The van der Waals surface area contributed by atoms with Gasteiger partial charge in [-0.25, -0.2) is 4.39 Å². The molecule has 1 aliphatic heterocycles. The molecule has 0 spiro atoms. The zero-order valence-electron chi connectivity index (χ0n) is 16.0. The monoisotopic (exact) mass is 397 g/mol. The quantitative estimate of drug-likeness (QED) is 0.638. The topological polar surface area (TPSA) is 80.4 Å². The first-order valence-corrected chi connectivity index (χ1v) is 9.82. The van der Waals surface area contributed by atoms with Crippen LogP contribution in [0.15, 0.2) is 59.4 Å². The third-order valence-corrected chi connectivity index (χ3v) is 5.10. The summed E-state index contributed by atoms with van der Waals surface area (Å²) < 4.78 is 24.6. The van der Waals surface area contributed by atoms with E-state index in [9.17, 15) is 9.50 Å². The summed E-state index contributed by atoms with van der Waals surface area (Å²) in [5, 5.41) is 17.7. The molecule has 0 unspecified atom stereocenters. The van der Waals surface area contributed by atoms with Crippen molar-refractivity contribution in [3.63, 3.8) is 0 Å². The van der Waals surface area contributed by atoms with Gasteiger partial charge in [-0.15, -0.1) is 0 Å². The van der Waals surface area contributed by atoms with E-state index in [1.165, 1.54) is 12.1 Å². The summed E-state index contributed by atoms with van der Waals surface area (Å²) in [5.74, 6) is 0.316. The van der Waals surface area contributed by atoms with Crippen molar-refractivity contribution in [2.45, 2.75) is 44.1 Å². The third-order valence-electron chi connectivity index (χ3n) is 5.10. The first kappa shape index (κ1) is 19.7. The Bertz CT molecular complexity index is 901. The molecule has 7 heteroatoms. The number of aliphatic hydroxyl groups is 1. The summed E-state index contributed by atoms with van der Waals surface area (Å²) in [5.41, 5.74) is 2.65. The Balaban J connectivity index is 1.30. The number of hydrogen-bond acceptors (Lipinski definition) is 6. The lowest BCUT2D eigenvalue weighted by Gasteiger charge is -2.34. The number of halogens is 1. The maximum Gasteiger partial charge on any atom is 0.167 e. The van der Waals surface area contributed by atoms with E-state index in [2.05, 4.69) is 15.5 Å². The number of pyridine rings is 1. The number of nitrogens with one attached hydrogen (secondary N) is 1. The molecule has 3 heterocycles. The first-order valence-electron chi connectivity index (χ1n) is 9.82. The van der Waals surface area contributed by atoms with E-state index in [-0.39, 0.29) is 18.0 Å². The Labute approximate surface area is 168 Å². The van der Waals surface area contributed by atoms with Crippen LogP contribution in [-0.2, 0) is 17.7 Å². The van der Waals surface area contributed by atoms with E-state index < -0.39 is 6.10 Å². The molecule has 3 atom stereocenters. The van der Waals surface area contributed by atoms with Crippen LogP contribution in [0.5, 0.6) is 0 Å². The van der Waals surface area contributed by atoms with Crippen LogP contribution in [0, 0.1) is 5.82 Å². The summed E-state index contributed by atoms with van der Waals surface area (Å²) >= 11 is 0. The van der Waals surface area contributed by atoms with Crippen molar-refractivity contribution in [2.75, 3.05) is 6.54 Å². The molecule has 4 rings (SSSR count). The lowest BCUT2D eigenvalue weighted by molar-refractivity contribution is -0.115. The van der Waals surface area contributed by atoms with Gasteiger partial charge in [-0.2, -0.15) is 0 Å². The molecule has 0 aliphatic carbocycles. The molecule has 2 N–H and O–H groups in total. The average Bonchev–Trinajstić information content (AvgIpc) is 3.20. The fraction of sp³-hybridized carbons (Fsp3) is 0.364. The van der Waals surface area contributed by atoms with Crippen LogP contribution in [0.2, 0.25) is 0 Å². The number of rotatable bonds is 7. The maximum absolute atomic E-state index is 13.1. The Morgan fingerprint density at radius 3 is 2.83 bits per heavy atom. The van der Waals surface area contributed by atoms with Crippen LogP contribution in [0.4, 0.5) is 4.39 Å². The largest absolute Gasteiger partial charge is 0.390 e. The van der Waals surface area contributed by atoms with E-state index in [1.807, 2.05) is 24.4 Å². The lowest BCUT2D eigenvalue weighted by Crippen LogP contribution is -2.45. The number of ether oxygens (including phenoxy) is 1. The van der Waals surface area contributed by atoms with Gasteiger partial charge >= 0.3 is 0 Å². The molecule has 29 heavy (non-hydrogen) atoms. The van der Waals surface area contributed by atoms with Gasteiger partial charge in [-0.3, -0.25) is 4.98 Å². The fourth-order valence-electron chi connectivity index (χ4n) is 3.54. The minimum atomic E-state index is -0.486. The summed E-state index contributed by atoms with van der Waals surface area (Å²) in [6.45, 7) is 1.24. The zero-order valence-corrected chi connectivity index (χ0v) is 16.0. The van der Waals surface area contributed by atoms with Crippen LogP contribution >= 0.6 is 0 Å². The highest BCUT2D eigenvalue weighted by atomic mass is 19.1. The fourth-order valence-corrected chi connectivity index (χ4v) is 3.54. The molecule has 3 aromatic rings. The van der Waals surface area contributed by atoms with Crippen molar-refractivity contribution in [1.29, 1.82) is 0 Å². The van der Waals surface area contributed by atoms with Gasteiger partial charge in [-0.1, -0.05) is 11.2 Å². The van der Waals surface area contributed by atoms with Crippen LogP contribution < -0.4 is 5.32 Å². The van der Waals surface area contributed by atoms with Gasteiger partial charge in [-0.05, 0) is 48.7 Å². The molecule has 6 nitrogen and oxygen atoms in total. The zero-order chi connectivity index (χ0) is 20.1. The minimum Gasteiger partial charge on any atom is -0.390 e. The maximum atomic E-state index is 13.1. The summed E-state index contributed by atoms with van der Waals surface area (Å²) in [6, 6.07) is 11.9. The lowest BCUT2D eigenvalue weighted by atomic mass is 9.98. The summed E-state index contributed by atoms with van der Waals surface area (Å²) in [7, 11) is 0. The van der Waals surface area contributed by atoms with Gasteiger partial charge in [0.25, 0.3) is 0 Å². The van der Waals surface area contributed by atoms with Crippen molar-refractivity contribution in [2.24, 2.45) is 0 Å². The predicted octanol–water partition coefficient (Wildman–Crippen LogP) is 3.12. The number of hydrogen-bond donors (Lipinski definition) is 2. The molecule has 1 saturated heterocycles. The highest BCUT2D eigenvalue weighted by Crippen LogP contribution is 2.25. The molecule has 152 valence electrons.